The van der Waals surface area contributed by atoms with Gasteiger partial charge >= 0.3 is 0 Å². The Kier molecular flexibility index (Phi) is 12.0. The van der Waals surface area contributed by atoms with E-state index < -0.39 is 5.97 Å². The zero-order chi connectivity index (χ0) is 12.3. The van der Waals surface area contributed by atoms with Crippen LogP contribution in [-0.4, -0.2) is 22.3 Å². The Morgan fingerprint density at radius 3 is 2.27 bits per heavy atom. The molecule has 0 aliphatic rings. The molecule has 88 valence electrons. The lowest BCUT2D eigenvalue weighted by atomic mass is 10.0. The Balaban J connectivity index is 0. The standard InChI is InChI=1S/C10H18O.C2H4O2/c1-4-6-7-10(5-2)8-9(3)11;1-2(3)4/h9,11H,2,4,6-8H2,1,3H3;1H3,(H,3,4)/t9-;/m1./s1. The van der Waals surface area contributed by atoms with E-state index in [9.17, 15) is 0 Å². The van der Waals surface area contributed by atoms with Crippen LogP contribution in [-0.2, 0) is 4.79 Å². The molecule has 0 aliphatic heterocycles. The Hall–Kier alpha value is -1.05. The summed E-state index contributed by atoms with van der Waals surface area (Å²) < 4.78 is 0. The van der Waals surface area contributed by atoms with Gasteiger partial charge in [-0.1, -0.05) is 19.9 Å². The van der Waals surface area contributed by atoms with Gasteiger partial charge < -0.3 is 10.2 Å². The molecule has 0 amide bonds. The second kappa shape index (κ2) is 11.0. The van der Waals surface area contributed by atoms with Crippen LogP contribution < -0.4 is 0 Å². The number of unbranched alkanes of at least 4 members (excludes halogenated alkanes) is 1. The highest BCUT2D eigenvalue weighted by Gasteiger charge is 2.00. The first-order valence-electron chi connectivity index (χ1n) is 5.19. The zero-order valence-electron chi connectivity index (χ0n) is 9.92. The summed E-state index contributed by atoms with van der Waals surface area (Å²) in [5.41, 5.74) is 4.03. The molecule has 15 heavy (non-hydrogen) atoms. The molecule has 0 aromatic carbocycles. The molecular formula is C12H22O3. The molecule has 0 aliphatic carbocycles. The SMILES string of the molecule is C=C=C(CCCC)C[C@@H](C)O.CC(=O)O. The smallest absolute Gasteiger partial charge is 0.300 e. The summed E-state index contributed by atoms with van der Waals surface area (Å²) in [5.74, 6) is -0.833. The van der Waals surface area contributed by atoms with Gasteiger partial charge in [0.05, 0.1) is 6.10 Å². The van der Waals surface area contributed by atoms with E-state index >= 15 is 0 Å². The first kappa shape index (κ1) is 16.4. The second-order valence-corrected chi connectivity index (χ2v) is 3.46. The molecule has 2 N–H and O–H groups in total. The lowest BCUT2D eigenvalue weighted by Crippen LogP contribution is -2.00. The summed E-state index contributed by atoms with van der Waals surface area (Å²) in [5, 5.41) is 16.5. The highest BCUT2D eigenvalue weighted by molar-refractivity contribution is 5.62. The molecule has 1 atom stereocenters. The van der Waals surface area contributed by atoms with Gasteiger partial charge in [-0.05, 0) is 25.3 Å². The van der Waals surface area contributed by atoms with Crippen LogP contribution in [0.4, 0.5) is 0 Å². The van der Waals surface area contributed by atoms with Crippen LogP contribution in [0, 0.1) is 0 Å². The van der Waals surface area contributed by atoms with Crippen molar-refractivity contribution in [3.05, 3.63) is 17.9 Å². The molecule has 0 rings (SSSR count). The fraction of sp³-hybridized carbons (Fsp3) is 0.667. The molecule has 0 saturated heterocycles. The van der Waals surface area contributed by atoms with Gasteiger partial charge in [-0.15, -0.1) is 5.73 Å². The van der Waals surface area contributed by atoms with Crippen LogP contribution in [0.1, 0.15) is 46.5 Å². The quantitative estimate of drug-likeness (QED) is 0.692. The highest BCUT2D eigenvalue weighted by Crippen LogP contribution is 2.11. The molecular weight excluding hydrogens is 192 g/mol. The highest BCUT2D eigenvalue weighted by atomic mass is 16.4. The van der Waals surface area contributed by atoms with E-state index in [1.165, 1.54) is 12.8 Å². The van der Waals surface area contributed by atoms with Crippen LogP contribution in [0.2, 0.25) is 0 Å². The molecule has 0 heterocycles. The molecule has 0 spiro atoms. The maximum absolute atomic E-state index is 9.06. The molecule has 0 radical (unpaired) electrons. The lowest BCUT2D eigenvalue weighted by molar-refractivity contribution is -0.134. The van der Waals surface area contributed by atoms with Gasteiger partial charge in [0.2, 0.25) is 0 Å². The van der Waals surface area contributed by atoms with Crippen molar-refractivity contribution in [2.75, 3.05) is 0 Å². The number of aliphatic hydroxyl groups excluding tert-OH is 1. The van der Waals surface area contributed by atoms with Gasteiger partial charge in [0.1, 0.15) is 0 Å². The molecule has 0 fully saturated rings. The normalized spacial score (nSPS) is 10.7. The number of carboxylic acid groups (broad SMARTS) is 1. The summed E-state index contributed by atoms with van der Waals surface area (Å²) in [6.07, 6.45) is 3.86. The van der Waals surface area contributed by atoms with Crippen LogP contribution in [0.5, 0.6) is 0 Å². The third-order valence-corrected chi connectivity index (χ3v) is 1.62. The third-order valence-electron chi connectivity index (χ3n) is 1.62. The molecule has 3 heteroatoms. The van der Waals surface area contributed by atoms with E-state index in [4.69, 9.17) is 15.0 Å². The van der Waals surface area contributed by atoms with Crippen molar-refractivity contribution < 1.29 is 15.0 Å². The Bertz CT molecular complexity index is 209. The Labute approximate surface area is 92.1 Å². The van der Waals surface area contributed by atoms with Gasteiger partial charge in [0.15, 0.2) is 0 Å². The number of aliphatic hydroxyl groups is 1. The number of rotatable bonds is 5. The van der Waals surface area contributed by atoms with Crippen LogP contribution in [0.25, 0.3) is 0 Å². The van der Waals surface area contributed by atoms with Crippen molar-refractivity contribution >= 4 is 5.97 Å². The van der Waals surface area contributed by atoms with Gasteiger partial charge in [-0.3, -0.25) is 4.79 Å². The average molecular weight is 214 g/mol. The first-order valence-corrected chi connectivity index (χ1v) is 5.19. The van der Waals surface area contributed by atoms with Gasteiger partial charge in [-0.2, -0.15) is 0 Å². The molecule has 3 nitrogen and oxygen atoms in total. The minimum absolute atomic E-state index is 0.254. The summed E-state index contributed by atoms with van der Waals surface area (Å²) in [6, 6.07) is 0. The predicted molar refractivity (Wildman–Crippen MR) is 61.8 cm³/mol. The monoisotopic (exact) mass is 214 g/mol. The summed E-state index contributed by atoms with van der Waals surface area (Å²) in [6.45, 7) is 8.63. The van der Waals surface area contributed by atoms with Gasteiger partial charge in [-0.25, -0.2) is 0 Å². The van der Waals surface area contributed by atoms with Crippen molar-refractivity contribution in [1.29, 1.82) is 0 Å². The van der Waals surface area contributed by atoms with E-state index in [1.807, 2.05) is 0 Å². The molecule has 0 unspecified atom stereocenters. The average Bonchev–Trinajstić information content (AvgIpc) is 2.10. The summed E-state index contributed by atoms with van der Waals surface area (Å²) in [4.78, 5) is 9.00. The zero-order valence-corrected chi connectivity index (χ0v) is 9.92. The number of carboxylic acids is 1. The number of hydrogen-bond acceptors (Lipinski definition) is 2. The fourth-order valence-electron chi connectivity index (χ4n) is 1.01. The summed E-state index contributed by atoms with van der Waals surface area (Å²) >= 11 is 0. The molecule has 0 aromatic heterocycles. The number of carbonyl (C=O) groups is 1. The Morgan fingerprint density at radius 2 is 2.00 bits per heavy atom. The molecule has 0 bridgehead atoms. The van der Waals surface area contributed by atoms with Crippen LogP contribution in [0.3, 0.4) is 0 Å². The molecule has 0 aromatic rings. The predicted octanol–water partition coefficient (Wildman–Crippen LogP) is 2.75. The summed E-state index contributed by atoms with van der Waals surface area (Å²) in [7, 11) is 0. The fourth-order valence-corrected chi connectivity index (χ4v) is 1.01. The third kappa shape index (κ3) is 19.4. The van der Waals surface area contributed by atoms with Gasteiger partial charge in [0.25, 0.3) is 5.97 Å². The Morgan fingerprint density at radius 1 is 1.53 bits per heavy atom. The van der Waals surface area contributed by atoms with E-state index in [0.717, 1.165) is 25.3 Å². The van der Waals surface area contributed by atoms with E-state index in [2.05, 4.69) is 19.2 Å². The van der Waals surface area contributed by atoms with Crippen LogP contribution >= 0.6 is 0 Å². The van der Waals surface area contributed by atoms with E-state index in [0.29, 0.717) is 0 Å². The van der Waals surface area contributed by atoms with E-state index in [1.54, 1.807) is 6.92 Å². The minimum atomic E-state index is -0.833. The van der Waals surface area contributed by atoms with Crippen molar-refractivity contribution in [3.63, 3.8) is 0 Å². The largest absolute Gasteiger partial charge is 0.481 e. The maximum atomic E-state index is 9.06. The van der Waals surface area contributed by atoms with Crippen molar-refractivity contribution in [2.45, 2.75) is 52.6 Å². The van der Waals surface area contributed by atoms with Crippen molar-refractivity contribution in [1.82, 2.24) is 0 Å². The number of hydrogen-bond donors (Lipinski definition) is 2. The lowest BCUT2D eigenvalue weighted by Gasteiger charge is -2.05. The molecule has 0 saturated carbocycles. The topological polar surface area (TPSA) is 57.5 Å². The number of aliphatic carboxylic acids is 1. The second-order valence-electron chi connectivity index (χ2n) is 3.46. The van der Waals surface area contributed by atoms with E-state index in [-0.39, 0.29) is 6.10 Å². The maximum Gasteiger partial charge on any atom is 0.300 e. The van der Waals surface area contributed by atoms with Crippen molar-refractivity contribution in [3.8, 4) is 0 Å². The van der Waals surface area contributed by atoms with Crippen molar-refractivity contribution in [2.24, 2.45) is 0 Å². The minimum Gasteiger partial charge on any atom is -0.481 e. The van der Waals surface area contributed by atoms with Gasteiger partial charge in [0, 0.05) is 13.3 Å². The first-order chi connectivity index (χ1) is 6.93. The van der Waals surface area contributed by atoms with Crippen LogP contribution in [0.15, 0.2) is 17.9 Å².